The zero-order chi connectivity index (χ0) is 14.9. The average molecular weight is 288 g/mol. The van der Waals surface area contributed by atoms with E-state index in [1.54, 1.807) is 0 Å². The van der Waals surface area contributed by atoms with Crippen molar-refractivity contribution in [2.45, 2.75) is 26.3 Å². The molecule has 21 heavy (non-hydrogen) atoms. The molecule has 0 spiro atoms. The predicted molar refractivity (Wildman–Crippen MR) is 85.7 cm³/mol. The number of nitrogens with zero attached hydrogens (tertiary/aromatic N) is 1. The molecular formula is C17H24N2O2. The van der Waals surface area contributed by atoms with Gasteiger partial charge in [0.25, 0.3) is 0 Å². The van der Waals surface area contributed by atoms with Crippen molar-refractivity contribution in [1.29, 1.82) is 0 Å². The minimum atomic E-state index is 0.531. The van der Waals surface area contributed by atoms with E-state index in [4.69, 9.17) is 9.47 Å². The molecule has 0 aliphatic heterocycles. The number of rotatable bonds is 9. The van der Waals surface area contributed by atoms with Crippen molar-refractivity contribution in [3.05, 3.63) is 36.0 Å². The van der Waals surface area contributed by atoms with Crippen LogP contribution < -0.4 is 10.1 Å². The summed E-state index contributed by atoms with van der Waals surface area (Å²) in [6, 6.07) is 10.3. The zero-order valence-corrected chi connectivity index (χ0v) is 12.9. The Labute approximate surface area is 126 Å². The molecule has 0 atom stereocenters. The van der Waals surface area contributed by atoms with E-state index in [0.717, 1.165) is 42.5 Å². The number of aromatic nitrogens is 1. The van der Waals surface area contributed by atoms with Gasteiger partial charge in [-0.3, -0.25) is 0 Å². The van der Waals surface area contributed by atoms with Gasteiger partial charge in [-0.2, -0.15) is 0 Å². The van der Waals surface area contributed by atoms with Gasteiger partial charge in [0.2, 0.25) is 5.88 Å². The Hall–Kier alpha value is -1.65. The van der Waals surface area contributed by atoms with Gasteiger partial charge in [0.1, 0.15) is 6.61 Å². The molecule has 0 saturated carbocycles. The molecule has 1 aromatic carbocycles. The molecule has 1 N–H and O–H groups in total. The lowest BCUT2D eigenvalue weighted by atomic mass is 10.1. The minimum Gasteiger partial charge on any atom is -0.475 e. The quantitative estimate of drug-likeness (QED) is 0.720. The summed E-state index contributed by atoms with van der Waals surface area (Å²) in [5, 5.41) is 5.32. The Morgan fingerprint density at radius 3 is 2.81 bits per heavy atom. The van der Waals surface area contributed by atoms with Crippen LogP contribution in [-0.2, 0) is 11.3 Å². The molecule has 1 heterocycles. The van der Waals surface area contributed by atoms with Crippen LogP contribution in [0.5, 0.6) is 5.88 Å². The van der Waals surface area contributed by atoms with Gasteiger partial charge in [-0.1, -0.05) is 31.5 Å². The van der Waals surface area contributed by atoms with Crippen molar-refractivity contribution < 1.29 is 9.47 Å². The van der Waals surface area contributed by atoms with Crippen LogP contribution in [0.15, 0.2) is 30.3 Å². The van der Waals surface area contributed by atoms with Crippen LogP contribution in [0.4, 0.5) is 0 Å². The summed E-state index contributed by atoms with van der Waals surface area (Å²) in [5.74, 6) is 0.692. The second-order valence-electron chi connectivity index (χ2n) is 4.98. The van der Waals surface area contributed by atoms with Crippen LogP contribution >= 0.6 is 0 Å². The highest BCUT2D eigenvalue weighted by atomic mass is 16.5. The highest BCUT2D eigenvalue weighted by molar-refractivity contribution is 5.87. The Morgan fingerprint density at radius 1 is 1.14 bits per heavy atom. The first-order valence-corrected chi connectivity index (χ1v) is 7.59. The molecule has 0 aliphatic rings. The summed E-state index contributed by atoms with van der Waals surface area (Å²) in [7, 11) is 1.92. The number of pyridine rings is 1. The maximum absolute atomic E-state index is 5.82. The first kappa shape index (κ1) is 15.7. The van der Waals surface area contributed by atoms with Gasteiger partial charge in [-0.25, -0.2) is 4.98 Å². The summed E-state index contributed by atoms with van der Waals surface area (Å²) in [6.45, 7) is 4.82. The van der Waals surface area contributed by atoms with E-state index in [0.29, 0.717) is 19.1 Å². The minimum absolute atomic E-state index is 0.531. The standard InChI is InChI=1S/C17H24N2O2/c1-3-4-9-20-10-11-21-17-16-8-6-5-7-14(16)12-15(19-17)13-18-2/h5-8,12,18H,3-4,9-11,13H2,1-2H3. The van der Waals surface area contributed by atoms with Crippen LogP contribution in [-0.4, -0.2) is 31.9 Å². The van der Waals surface area contributed by atoms with Gasteiger partial charge in [0, 0.05) is 18.5 Å². The highest BCUT2D eigenvalue weighted by Crippen LogP contribution is 2.24. The van der Waals surface area contributed by atoms with Gasteiger partial charge in [0.15, 0.2) is 0 Å². The molecule has 0 fully saturated rings. The van der Waals surface area contributed by atoms with Gasteiger partial charge in [-0.15, -0.1) is 0 Å². The summed E-state index contributed by atoms with van der Waals surface area (Å²) >= 11 is 0. The maximum Gasteiger partial charge on any atom is 0.221 e. The monoisotopic (exact) mass is 288 g/mol. The van der Waals surface area contributed by atoms with Crippen LogP contribution in [0.25, 0.3) is 10.8 Å². The number of hydrogen-bond acceptors (Lipinski definition) is 4. The van der Waals surface area contributed by atoms with Gasteiger partial charge >= 0.3 is 0 Å². The fraction of sp³-hybridized carbons (Fsp3) is 0.471. The van der Waals surface area contributed by atoms with Crippen LogP contribution in [0.1, 0.15) is 25.5 Å². The molecule has 0 saturated heterocycles. The Balaban J connectivity index is 2.03. The fourth-order valence-electron chi connectivity index (χ4n) is 2.15. The Kier molecular flexibility index (Phi) is 6.44. The highest BCUT2D eigenvalue weighted by Gasteiger charge is 2.06. The van der Waals surface area contributed by atoms with Crippen LogP contribution in [0.2, 0.25) is 0 Å². The van der Waals surface area contributed by atoms with Gasteiger partial charge in [-0.05, 0) is 31.0 Å². The largest absolute Gasteiger partial charge is 0.475 e. The molecule has 0 amide bonds. The van der Waals surface area contributed by atoms with Gasteiger partial charge in [0.05, 0.1) is 12.3 Å². The predicted octanol–water partition coefficient (Wildman–Crippen LogP) is 3.15. The lowest BCUT2D eigenvalue weighted by Gasteiger charge is -2.11. The fourth-order valence-corrected chi connectivity index (χ4v) is 2.15. The number of unbranched alkanes of at least 4 members (excludes halogenated alkanes) is 1. The molecule has 4 nitrogen and oxygen atoms in total. The zero-order valence-electron chi connectivity index (χ0n) is 12.9. The third kappa shape index (κ3) is 4.69. The molecule has 0 unspecified atom stereocenters. The number of benzene rings is 1. The third-order valence-electron chi connectivity index (χ3n) is 3.23. The summed E-state index contributed by atoms with van der Waals surface area (Å²) in [6.07, 6.45) is 2.25. The van der Waals surface area contributed by atoms with E-state index >= 15 is 0 Å². The molecule has 0 bridgehead atoms. The van der Waals surface area contributed by atoms with E-state index < -0.39 is 0 Å². The van der Waals surface area contributed by atoms with E-state index in [1.807, 2.05) is 25.2 Å². The Bertz CT molecular complexity index is 557. The smallest absolute Gasteiger partial charge is 0.221 e. The number of fused-ring (bicyclic) bond motifs is 1. The third-order valence-corrected chi connectivity index (χ3v) is 3.23. The maximum atomic E-state index is 5.82. The molecule has 2 aromatic rings. The van der Waals surface area contributed by atoms with Gasteiger partial charge < -0.3 is 14.8 Å². The summed E-state index contributed by atoms with van der Waals surface area (Å²) in [5.41, 5.74) is 0.984. The van der Waals surface area contributed by atoms with Crippen LogP contribution in [0.3, 0.4) is 0 Å². The number of hydrogen-bond donors (Lipinski definition) is 1. The topological polar surface area (TPSA) is 43.4 Å². The van der Waals surface area contributed by atoms with E-state index in [1.165, 1.54) is 0 Å². The van der Waals surface area contributed by atoms with Crippen molar-refractivity contribution in [2.24, 2.45) is 0 Å². The van der Waals surface area contributed by atoms with Crippen molar-refractivity contribution >= 4 is 10.8 Å². The molecule has 0 aliphatic carbocycles. The SMILES string of the molecule is CCCCOCCOc1nc(CNC)cc2ccccc12. The van der Waals surface area contributed by atoms with Crippen LogP contribution in [0, 0.1) is 0 Å². The summed E-state index contributed by atoms with van der Waals surface area (Å²) in [4.78, 5) is 4.58. The molecule has 2 rings (SSSR count). The molecular weight excluding hydrogens is 264 g/mol. The molecule has 0 radical (unpaired) electrons. The second kappa shape index (κ2) is 8.60. The van der Waals surface area contributed by atoms with E-state index in [2.05, 4.69) is 29.4 Å². The number of nitrogens with one attached hydrogen (secondary N) is 1. The molecule has 114 valence electrons. The summed E-state index contributed by atoms with van der Waals surface area (Å²) < 4.78 is 11.3. The second-order valence-corrected chi connectivity index (χ2v) is 4.98. The first-order chi connectivity index (χ1) is 10.3. The normalized spacial score (nSPS) is 11.0. The van der Waals surface area contributed by atoms with E-state index in [-0.39, 0.29) is 0 Å². The lowest BCUT2D eigenvalue weighted by Crippen LogP contribution is -2.11. The van der Waals surface area contributed by atoms with Crippen molar-refractivity contribution in [3.8, 4) is 5.88 Å². The lowest BCUT2D eigenvalue weighted by molar-refractivity contribution is 0.0970. The molecule has 1 aromatic heterocycles. The average Bonchev–Trinajstić information content (AvgIpc) is 2.51. The Morgan fingerprint density at radius 2 is 2.00 bits per heavy atom. The van der Waals surface area contributed by atoms with Crippen molar-refractivity contribution in [2.75, 3.05) is 26.9 Å². The first-order valence-electron chi connectivity index (χ1n) is 7.59. The van der Waals surface area contributed by atoms with E-state index in [9.17, 15) is 0 Å². The van der Waals surface area contributed by atoms with Crippen molar-refractivity contribution in [3.63, 3.8) is 0 Å². The van der Waals surface area contributed by atoms with Crippen molar-refractivity contribution in [1.82, 2.24) is 10.3 Å². The number of ether oxygens (including phenoxy) is 2. The molecule has 4 heteroatoms.